The maximum atomic E-state index is 12.3. The first-order valence-electron chi connectivity index (χ1n) is 7.17. The van der Waals surface area contributed by atoms with Gasteiger partial charge in [0, 0.05) is 31.2 Å². The van der Waals surface area contributed by atoms with Crippen molar-refractivity contribution in [3.8, 4) is 0 Å². The number of aryl methyl sites for hydroxylation is 1. The number of hydrogen-bond acceptors (Lipinski definition) is 3. The lowest BCUT2D eigenvalue weighted by molar-refractivity contribution is -0.137. The monoisotopic (exact) mass is 297 g/mol. The third-order valence-corrected chi connectivity index (χ3v) is 3.27. The summed E-state index contributed by atoms with van der Waals surface area (Å²) in [7, 11) is 0. The molecular formula is C17H19N3O2. The number of carbonyl (C=O) groups is 2. The van der Waals surface area contributed by atoms with Crippen LogP contribution in [-0.4, -0.2) is 23.3 Å². The Morgan fingerprint density at radius 3 is 2.55 bits per heavy atom. The molecule has 2 amide bonds. The molecule has 2 rings (SSSR count). The lowest BCUT2D eigenvalue weighted by Gasteiger charge is -2.20. The average molecular weight is 297 g/mol. The summed E-state index contributed by atoms with van der Waals surface area (Å²) in [6.07, 6.45) is 3.29. The molecule has 2 aromatic rings. The SMILES string of the molecule is CCN(C(=O)C(=O)NCc1ccncc1)c1cccc(C)c1. The van der Waals surface area contributed by atoms with E-state index in [9.17, 15) is 9.59 Å². The molecule has 1 aromatic heterocycles. The molecule has 0 aliphatic heterocycles. The first-order chi connectivity index (χ1) is 10.6. The van der Waals surface area contributed by atoms with Gasteiger partial charge < -0.3 is 10.2 Å². The maximum absolute atomic E-state index is 12.3. The van der Waals surface area contributed by atoms with E-state index in [0.29, 0.717) is 13.1 Å². The first-order valence-corrected chi connectivity index (χ1v) is 7.17. The number of anilines is 1. The van der Waals surface area contributed by atoms with Gasteiger partial charge in [0.1, 0.15) is 0 Å². The summed E-state index contributed by atoms with van der Waals surface area (Å²) >= 11 is 0. The zero-order valence-electron chi connectivity index (χ0n) is 12.7. The summed E-state index contributed by atoms with van der Waals surface area (Å²) in [4.78, 5) is 29.7. The molecule has 0 atom stereocenters. The summed E-state index contributed by atoms with van der Waals surface area (Å²) in [5.74, 6) is -1.16. The summed E-state index contributed by atoms with van der Waals surface area (Å²) in [5, 5.41) is 2.64. The van der Waals surface area contributed by atoms with Crippen LogP contribution in [0.4, 0.5) is 5.69 Å². The smallest absolute Gasteiger partial charge is 0.316 e. The number of hydrogen-bond donors (Lipinski definition) is 1. The van der Waals surface area contributed by atoms with Crippen molar-refractivity contribution in [2.75, 3.05) is 11.4 Å². The van der Waals surface area contributed by atoms with E-state index in [1.807, 2.05) is 38.1 Å². The highest BCUT2D eigenvalue weighted by molar-refractivity contribution is 6.40. The minimum Gasteiger partial charge on any atom is -0.344 e. The molecule has 0 aliphatic rings. The summed E-state index contributed by atoms with van der Waals surface area (Å²) < 4.78 is 0. The van der Waals surface area contributed by atoms with Crippen LogP contribution in [0.2, 0.25) is 0 Å². The lowest BCUT2D eigenvalue weighted by atomic mass is 10.2. The van der Waals surface area contributed by atoms with Crippen molar-refractivity contribution in [2.24, 2.45) is 0 Å². The van der Waals surface area contributed by atoms with Gasteiger partial charge >= 0.3 is 11.8 Å². The van der Waals surface area contributed by atoms with Crippen molar-refractivity contribution in [3.63, 3.8) is 0 Å². The molecule has 5 nitrogen and oxygen atoms in total. The van der Waals surface area contributed by atoms with Gasteiger partial charge in [-0.05, 0) is 49.2 Å². The molecule has 0 bridgehead atoms. The highest BCUT2D eigenvalue weighted by Crippen LogP contribution is 2.15. The molecule has 22 heavy (non-hydrogen) atoms. The Hall–Kier alpha value is -2.69. The fraction of sp³-hybridized carbons (Fsp3) is 0.235. The highest BCUT2D eigenvalue weighted by atomic mass is 16.2. The van der Waals surface area contributed by atoms with E-state index in [1.165, 1.54) is 4.90 Å². The zero-order valence-corrected chi connectivity index (χ0v) is 12.7. The second kappa shape index (κ2) is 7.36. The predicted octanol–water partition coefficient (Wildman–Crippen LogP) is 2.06. The van der Waals surface area contributed by atoms with Crippen molar-refractivity contribution in [3.05, 3.63) is 59.9 Å². The quantitative estimate of drug-likeness (QED) is 0.879. The molecule has 1 N–H and O–H groups in total. The number of nitrogens with one attached hydrogen (secondary N) is 1. The van der Waals surface area contributed by atoms with Crippen LogP contribution in [0, 0.1) is 6.92 Å². The highest BCUT2D eigenvalue weighted by Gasteiger charge is 2.21. The van der Waals surface area contributed by atoms with Gasteiger partial charge in [-0.3, -0.25) is 14.6 Å². The topological polar surface area (TPSA) is 62.3 Å². The Bertz CT molecular complexity index is 656. The van der Waals surface area contributed by atoms with Gasteiger partial charge in [-0.1, -0.05) is 12.1 Å². The molecule has 0 spiro atoms. The van der Waals surface area contributed by atoms with Gasteiger partial charge in [0.25, 0.3) is 0 Å². The molecule has 1 aromatic carbocycles. The minimum atomic E-state index is -0.611. The van der Waals surface area contributed by atoms with Crippen LogP contribution < -0.4 is 10.2 Å². The number of likely N-dealkylation sites (N-methyl/N-ethyl adjacent to an activating group) is 1. The third-order valence-electron chi connectivity index (χ3n) is 3.27. The Labute approximate surface area is 130 Å². The number of carbonyl (C=O) groups excluding carboxylic acids is 2. The van der Waals surface area contributed by atoms with E-state index in [2.05, 4.69) is 10.3 Å². The largest absolute Gasteiger partial charge is 0.344 e. The average Bonchev–Trinajstić information content (AvgIpc) is 2.54. The van der Waals surface area contributed by atoms with E-state index in [0.717, 1.165) is 16.8 Å². The van der Waals surface area contributed by atoms with Gasteiger partial charge in [0.05, 0.1) is 0 Å². The van der Waals surface area contributed by atoms with E-state index in [1.54, 1.807) is 24.5 Å². The molecular weight excluding hydrogens is 278 g/mol. The van der Waals surface area contributed by atoms with Gasteiger partial charge in [-0.25, -0.2) is 0 Å². The van der Waals surface area contributed by atoms with E-state index >= 15 is 0 Å². The Kier molecular flexibility index (Phi) is 5.25. The number of amides is 2. The minimum absolute atomic E-state index is 0.304. The fourth-order valence-corrected chi connectivity index (χ4v) is 2.12. The van der Waals surface area contributed by atoms with E-state index < -0.39 is 11.8 Å². The number of pyridine rings is 1. The van der Waals surface area contributed by atoms with Crippen LogP contribution in [0.5, 0.6) is 0 Å². The number of rotatable bonds is 4. The standard InChI is InChI=1S/C17H19N3O2/c1-3-20(15-6-4-5-13(2)11-15)17(22)16(21)19-12-14-7-9-18-10-8-14/h4-11H,3,12H2,1-2H3,(H,19,21). The second-order valence-electron chi connectivity index (χ2n) is 4.93. The molecule has 0 saturated carbocycles. The van der Waals surface area contributed by atoms with E-state index in [-0.39, 0.29) is 0 Å². The molecule has 0 unspecified atom stereocenters. The van der Waals surface area contributed by atoms with Crippen molar-refractivity contribution < 1.29 is 9.59 Å². The van der Waals surface area contributed by atoms with E-state index in [4.69, 9.17) is 0 Å². The Morgan fingerprint density at radius 1 is 1.18 bits per heavy atom. The number of aromatic nitrogens is 1. The van der Waals surface area contributed by atoms with Crippen molar-refractivity contribution in [2.45, 2.75) is 20.4 Å². The van der Waals surface area contributed by atoms with Crippen LogP contribution in [0.25, 0.3) is 0 Å². The molecule has 0 radical (unpaired) electrons. The van der Waals surface area contributed by atoms with Crippen LogP contribution in [0.1, 0.15) is 18.1 Å². The molecule has 1 heterocycles. The van der Waals surface area contributed by atoms with Gasteiger partial charge in [-0.2, -0.15) is 0 Å². The normalized spacial score (nSPS) is 10.1. The van der Waals surface area contributed by atoms with Crippen molar-refractivity contribution >= 4 is 17.5 Å². The van der Waals surface area contributed by atoms with Crippen LogP contribution >= 0.6 is 0 Å². The fourth-order valence-electron chi connectivity index (χ4n) is 2.12. The second-order valence-corrected chi connectivity index (χ2v) is 4.93. The van der Waals surface area contributed by atoms with Crippen molar-refractivity contribution in [1.82, 2.24) is 10.3 Å². The summed E-state index contributed by atoms with van der Waals surface area (Å²) in [5.41, 5.74) is 2.67. The molecule has 0 saturated heterocycles. The number of benzene rings is 1. The molecule has 114 valence electrons. The van der Waals surface area contributed by atoms with Crippen LogP contribution in [-0.2, 0) is 16.1 Å². The first kappa shape index (κ1) is 15.7. The third kappa shape index (κ3) is 3.91. The predicted molar refractivity (Wildman–Crippen MR) is 85.3 cm³/mol. The van der Waals surface area contributed by atoms with Crippen LogP contribution in [0.3, 0.4) is 0 Å². The van der Waals surface area contributed by atoms with Crippen LogP contribution in [0.15, 0.2) is 48.8 Å². The maximum Gasteiger partial charge on any atom is 0.316 e. The van der Waals surface area contributed by atoms with Gasteiger partial charge in [0.2, 0.25) is 0 Å². The van der Waals surface area contributed by atoms with Gasteiger partial charge in [0.15, 0.2) is 0 Å². The molecule has 0 aliphatic carbocycles. The lowest BCUT2D eigenvalue weighted by Crippen LogP contribution is -2.42. The zero-order chi connectivity index (χ0) is 15.9. The molecule has 0 fully saturated rings. The van der Waals surface area contributed by atoms with Crippen molar-refractivity contribution in [1.29, 1.82) is 0 Å². The van der Waals surface area contributed by atoms with Gasteiger partial charge in [-0.15, -0.1) is 0 Å². The number of nitrogens with zero attached hydrogens (tertiary/aromatic N) is 2. The molecule has 5 heteroatoms. The Balaban J connectivity index is 2.03. The summed E-state index contributed by atoms with van der Waals surface area (Å²) in [6.45, 7) is 4.53. The Morgan fingerprint density at radius 2 is 1.91 bits per heavy atom. The summed E-state index contributed by atoms with van der Waals surface area (Å²) in [6, 6.07) is 11.1.